The number of benzene rings is 2. The van der Waals surface area contributed by atoms with Gasteiger partial charge in [0.05, 0.1) is 25.4 Å². The van der Waals surface area contributed by atoms with E-state index in [9.17, 15) is 14.4 Å². The van der Waals surface area contributed by atoms with Crippen molar-refractivity contribution in [3.8, 4) is 0 Å². The maximum atomic E-state index is 13.1. The Balaban J connectivity index is 1.35. The van der Waals surface area contributed by atoms with Gasteiger partial charge in [-0.1, -0.05) is 18.2 Å². The van der Waals surface area contributed by atoms with E-state index in [-0.39, 0.29) is 37.3 Å². The van der Waals surface area contributed by atoms with Gasteiger partial charge in [0.2, 0.25) is 0 Å². The van der Waals surface area contributed by atoms with Crippen LogP contribution in [0.4, 0.5) is 16.3 Å². The van der Waals surface area contributed by atoms with Gasteiger partial charge in [-0.25, -0.2) is 4.79 Å². The Morgan fingerprint density at radius 3 is 2.30 bits per heavy atom. The maximum Gasteiger partial charge on any atom is 0.435 e. The topological polar surface area (TPSA) is 100 Å². The van der Waals surface area contributed by atoms with E-state index >= 15 is 0 Å². The van der Waals surface area contributed by atoms with E-state index in [0.717, 1.165) is 36.5 Å². The number of nitrogens with one attached hydrogen (secondary N) is 1. The number of carbonyl (C=O) groups excluding carboxylic acids is 3. The number of hydrogen-bond donors (Lipinski definition) is 1. The van der Waals surface area contributed by atoms with Gasteiger partial charge in [0, 0.05) is 48.6 Å². The summed E-state index contributed by atoms with van der Waals surface area (Å²) in [5.41, 5.74) is 3.26. The number of fused-ring (bicyclic) bond motifs is 1. The molecule has 0 bridgehead atoms. The summed E-state index contributed by atoms with van der Waals surface area (Å²) >= 11 is 0. The molecule has 5 rings (SSSR count). The Kier molecular flexibility index (Phi) is 6.91. The first-order chi connectivity index (χ1) is 17.9. The number of aromatic nitrogens is 2. The summed E-state index contributed by atoms with van der Waals surface area (Å²) in [6.07, 6.45) is -0.648. The predicted molar refractivity (Wildman–Crippen MR) is 139 cm³/mol. The summed E-state index contributed by atoms with van der Waals surface area (Å²) in [6.45, 7) is 6.18. The number of ether oxygens (including phenoxy) is 1. The molecule has 0 saturated carbocycles. The summed E-state index contributed by atoms with van der Waals surface area (Å²) in [7, 11) is 2.11. The molecule has 3 heterocycles. The van der Waals surface area contributed by atoms with E-state index in [0.29, 0.717) is 22.4 Å². The van der Waals surface area contributed by atoms with Gasteiger partial charge in [-0.2, -0.15) is 4.68 Å². The van der Waals surface area contributed by atoms with Crippen molar-refractivity contribution in [3.63, 3.8) is 0 Å². The van der Waals surface area contributed by atoms with Gasteiger partial charge in [0.1, 0.15) is 0 Å². The van der Waals surface area contributed by atoms with Crippen LogP contribution < -0.4 is 10.2 Å². The van der Waals surface area contributed by atoms with E-state index in [1.54, 1.807) is 48.2 Å². The fourth-order valence-electron chi connectivity index (χ4n) is 4.65. The molecule has 0 atom stereocenters. The zero-order chi connectivity index (χ0) is 25.9. The lowest BCUT2D eigenvalue weighted by Crippen LogP contribution is -2.44. The first kappa shape index (κ1) is 24.5. The van der Waals surface area contributed by atoms with E-state index in [4.69, 9.17) is 4.74 Å². The van der Waals surface area contributed by atoms with Crippen molar-refractivity contribution in [3.05, 3.63) is 77.0 Å². The van der Waals surface area contributed by atoms with Crippen LogP contribution in [-0.2, 0) is 17.8 Å². The third-order valence-corrected chi connectivity index (χ3v) is 6.76. The summed E-state index contributed by atoms with van der Waals surface area (Å²) in [4.78, 5) is 44.9. The third kappa shape index (κ3) is 5.05. The molecule has 1 fully saturated rings. The van der Waals surface area contributed by atoms with Gasteiger partial charge < -0.3 is 24.8 Å². The summed E-state index contributed by atoms with van der Waals surface area (Å²) in [5, 5.41) is 7.18. The number of rotatable bonds is 5. The van der Waals surface area contributed by atoms with Crippen molar-refractivity contribution in [1.29, 1.82) is 0 Å². The number of carbonyl (C=O) groups is 3. The first-order valence-corrected chi connectivity index (χ1v) is 12.4. The zero-order valence-electron chi connectivity index (χ0n) is 21.0. The largest absolute Gasteiger partial charge is 0.448 e. The second kappa shape index (κ2) is 10.4. The monoisotopic (exact) mass is 502 g/mol. The standard InChI is InChI=1S/C27H30N6O4/c1-3-37-27(36)33-23-18-32(26(35)20-7-5-4-6-8-20)17-22(23)24(29-33)28-25(34)19-9-11-21(12-10-19)31-15-13-30(2)14-16-31/h4-12H,3,13-18H2,1-2H3,(H,28,29,34). The molecule has 0 spiro atoms. The van der Waals surface area contributed by atoms with Crippen LogP contribution in [-0.4, -0.2) is 77.3 Å². The quantitative estimate of drug-likeness (QED) is 0.572. The van der Waals surface area contributed by atoms with Crippen molar-refractivity contribution < 1.29 is 19.1 Å². The SMILES string of the molecule is CCOC(=O)n1nc(NC(=O)c2ccc(N3CCN(C)CC3)cc2)c2c1CN(C(=O)c1ccccc1)C2. The summed E-state index contributed by atoms with van der Waals surface area (Å²) in [6, 6.07) is 16.4. The van der Waals surface area contributed by atoms with Crippen LogP contribution in [0.3, 0.4) is 0 Å². The number of amides is 2. The molecule has 192 valence electrons. The van der Waals surface area contributed by atoms with E-state index in [1.165, 1.54) is 0 Å². The van der Waals surface area contributed by atoms with E-state index in [1.807, 2.05) is 18.2 Å². The Hall–Kier alpha value is -4.18. The minimum Gasteiger partial charge on any atom is -0.448 e. The molecule has 2 amide bonds. The fourth-order valence-corrected chi connectivity index (χ4v) is 4.65. The van der Waals surface area contributed by atoms with Gasteiger partial charge in [-0.3, -0.25) is 9.59 Å². The minimum absolute atomic E-state index is 0.163. The van der Waals surface area contributed by atoms with Gasteiger partial charge in [-0.05, 0) is 50.4 Å². The van der Waals surface area contributed by atoms with Crippen LogP contribution in [0.2, 0.25) is 0 Å². The van der Waals surface area contributed by atoms with Crippen LogP contribution in [0, 0.1) is 0 Å². The molecule has 0 aliphatic carbocycles. The number of likely N-dealkylation sites (N-methyl/N-ethyl adjacent to an activating group) is 1. The molecular weight excluding hydrogens is 472 g/mol. The molecule has 0 radical (unpaired) electrons. The zero-order valence-corrected chi connectivity index (χ0v) is 21.0. The van der Waals surface area contributed by atoms with Crippen molar-refractivity contribution in [2.75, 3.05) is 50.1 Å². The first-order valence-electron chi connectivity index (χ1n) is 12.4. The van der Waals surface area contributed by atoms with Crippen molar-refractivity contribution in [2.45, 2.75) is 20.0 Å². The maximum absolute atomic E-state index is 13.1. The molecule has 3 aromatic rings. The highest BCUT2D eigenvalue weighted by Crippen LogP contribution is 2.31. The lowest BCUT2D eigenvalue weighted by molar-refractivity contribution is 0.0747. The number of piperazine rings is 1. The van der Waals surface area contributed by atoms with Crippen LogP contribution in [0.25, 0.3) is 0 Å². The average molecular weight is 503 g/mol. The smallest absolute Gasteiger partial charge is 0.435 e. The van der Waals surface area contributed by atoms with Crippen LogP contribution in [0.5, 0.6) is 0 Å². The summed E-state index contributed by atoms with van der Waals surface area (Å²) in [5.74, 6) is -0.252. The molecule has 1 aromatic heterocycles. The Labute approximate surface area is 215 Å². The van der Waals surface area contributed by atoms with Crippen molar-refractivity contribution in [2.24, 2.45) is 0 Å². The Bertz CT molecular complexity index is 1300. The van der Waals surface area contributed by atoms with Crippen LogP contribution in [0.1, 0.15) is 38.9 Å². The van der Waals surface area contributed by atoms with Crippen molar-refractivity contribution >= 4 is 29.4 Å². The molecule has 2 aliphatic heterocycles. The van der Waals surface area contributed by atoms with Crippen molar-refractivity contribution in [1.82, 2.24) is 19.6 Å². The van der Waals surface area contributed by atoms with Gasteiger partial charge in [0.25, 0.3) is 11.8 Å². The average Bonchev–Trinajstić information content (AvgIpc) is 3.50. The number of anilines is 2. The lowest BCUT2D eigenvalue weighted by atomic mass is 10.1. The minimum atomic E-state index is -0.648. The number of nitrogens with zero attached hydrogens (tertiary/aromatic N) is 5. The van der Waals surface area contributed by atoms with Crippen LogP contribution in [0.15, 0.2) is 54.6 Å². The van der Waals surface area contributed by atoms with Gasteiger partial charge >= 0.3 is 6.09 Å². The van der Waals surface area contributed by atoms with Gasteiger partial charge in [0.15, 0.2) is 5.82 Å². The highest BCUT2D eigenvalue weighted by atomic mass is 16.6. The molecule has 0 unspecified atom stereocenters. The highest BCUT2D eigenvalue weighted by Gasteiger charge is 2.34. The Morgan fingerprint density at radius 2 is 1.62 bits per heavy atom. The molecule has 37 heavy (non-hydrogen) atoms. The molecule has 2 aliphatic rings. The molecule has 10 nitrogen and oxygen atoms in total. The fraction of sp³-hybridized carbons (Fsp3) is 0.333. The third-order valence-electron chi connectivity index (χ3n) is 6.76. The second-order valence-corrected chi connectivity index (χ2v) is 9.20. The highest BCUT2D eigenvalue weighted by molar-refractivity contribution is 6.04. The lowest BCUT2D eigenvalue weighted by Gasteiger charge is -2.34. The second-order valence-electron chi connectivity index (χ2n) is 9.20. The van der Waals surface area contributed by atoms with Crippen LogP contribution >= 0.6 is 0 Å². The van der Waals surface area contributed by atoms with E-state index < -0.39 is 6.09 Å². The molecular formula is C27H30N6O4. The molecule has 2 aromatic carbocycles. The van der Waals surface area contributed by atoms with E-state index in [2.05, 4.69) is 27.3 Å². The number of hydrogen-bond acceptors (Lipinski definition) is 7. The predicted octanol–water partition coefficient (Wildman–Crippen LogP) is 3.05. The normalized spacial score (nSPS) is 15.4. The molecule has 1 N–H and O–H groups in total. The Morgan fingerprint density at radius 1 is 0.919 bits per heavy atom. The molecule has 1 saturated heterocycles. The van der Waals surface area contributed by atoms with Gasteiger partial charge in [-0.15, -0.1) is 5.10 Å². The summed E-state index contributed by atoms with van der Waals surface area (Å²) < 4.78 is 6.29. The molecule has 10 heteroatoms.